The highest BCUT2D eigenvalue weighted by atomic mass is 16.1. The molecule has 1 fully saturated rings. The number of rotatable bonds is 4. The fourth-order valence-electron chi connectivity index (χ4n) is 4.27. The molecule has 0 unspecified atom stereocenters. The Labute approximate surface area is 175 Å². The molecule has 30 heavy (non-hydrogen) atoms. The van der Waals surface area contributed by atoms with Gasteiger partial charge in [0.2, 0.25) is 0 Å². The molecule has 1 N–H and O–H groups in total. The smallest absolute Gasteiger partial charge is 0.266 e. The van der Waals surface area contributed by atoms with Gasteiger partial charge in [-0.3, -0.25) is 24.0 Å². The first kappa shape index (κ1) is 20.2. The van der Waals surface area contributed by atoms with Crippen LogP contribution >= 0.6 is 0 Å². The van der Waals surface area contributed by atoms with Gasteiger partial charge in [0.25, 0.3) is 11.5 Å². The van der Waals surface area contributed by atoms with Gasteiger partial charge >= 0.3 is 0 Å². The van der Waals surface area contributed by atoms with Crippen LogP contribution in [0.15, 0.2) is 41.3 Å². The first-order valence-corrected chi connectivity index (χ1v) is 10.4. The van der Waals surface area contributed by atoms with Gasteiger partial charge in [-0.25, -0.2) is 4.98 Å². The summed E-state index contributed by atoms with van der Waals surface area (Å²) in [6.45, 7) is 7.19. The molecule has 1 aromatic carbocycles. The lowest BCUT2D eigenvalue weighted by atomic mass is 10.1. The second-order valence-corrected chi connectivity index (χ2v) is 8.07. The molecule has 1 saturated heterocycles. The summed E-state index contributed by atoms with van der Waals surface area (Å²) in [6, 6.07) is 9.30. The number of carbonyl (C=O) groups is 1. The third kappa shape index (κ3) is 3.50. The molecule has 0 spiro atoms. The Kier molecular flexibility index (Phi) is 5.39. The molecule has 7 heteroatoms. The first-order valence-electron chi connectivity index (χ1n) is 10.4. The number of likely N-dealkylation sites (tertiary alicyclic amines) is 1. The van der Waals surface area contributed by atoms with E-state index in [1.807, 2.05) is 19.1 Å². The van der Waals surface area contributed by atoms with Crippen molar-refractivity contribution in [3.8, 4) is 5.69 Å². The van der Waals surface area contributed by atoms with Gasteiger partial charge in [-0.1, -0.05) is 0 Å². The van der Waals surface area contributed by atoms with Crippen LogP contribution in [0.1, 0.15) is 54.6 Å². The highest BCUT2D eigenvalue weighted by Crippen LogP contribution is 2.33. The predicted octanol–water partition coefficient (Wildman–Crippen LogP) is 2.99. The minimum absolute atomic E-state index is 0.0574. The highest BCUT2D eigenvalue weighted by Gasteiger charge is 2.32. The average Bonchev–Trinajstić information content (AvgIpc) is 3.24. The van der Waals surface area contributed by atoms with Crippen LogP contribution in [0.25, 0.3) is 16.6 Å². The van der Waals surface area contributed by atoms with E-state index in [4.69, 9.17) is 4.98 Å². The van der Waals surface area contributed by atoms with Gasteiger partial charge in [0.05, 0.1) is 28.8 Å². The van der Waals surface area contributed by atoms with E-state index in [0.717, 1.165) is 30.9 Å². The summed E-state index contributed by atoms with van der Waals surface area (Å²) in [5.74, 6) is 0.575. The van der Waals surface area contributed by atoms with Crippen LogP contribution in [0.4, 0.5) is 0 Å². The molecule has 0 aliphatic carbocycles. The molecule has 156 valence electrons. The van der Waals surface area contributed by atoms with Crippen LogP contribution in [0.3, 0.4) is 0 Å². The van der Waals surface area contributed by atoms with Gasteiger partial charge in [-0.05, 0) is 70.5 Å². The summed E-state index contributed by atoms with van der Waals surface area (Å²) in [4.78, 5) is 37.2. The van der Waals surface area contributed by atoms with Gasteiger partial charge in [-0.2, -0.15) is 0 Å². The van der Waals surface area contributed by atoms with E-state index >= 15 is 0 Å². The number of aryl methyl sites for hydroxylation is 1. The summed E-state index contributed by atoms with van der Waals surface area (Å²) in [6.07, 6.45) is 3.70. The Morgan fingerprint density at radius 2 is 1.97 bits per heavy atom. The summed E-state index contributed by atoms with van der Waals surface area (Å²) < 4.78 is 1.71. The third-order valence-electron chi connectivity index (χ3n) is 5.79. The topological polar surface area (TPSA) is 80.1 Å². The molecular formula is C23H27N5O2. The minimum atomic E-state index is -0.158. The van der Waals surface area contributed by atoms with Crippen LogP contribution in [0, 0.1) is 6.92 Å². The number of fused-ring (bicyclic) bond motifs is 1. The molecule has 3 heterocycles. The number of nitrogens with one attached hydrogen (secondary N) is 1. The maximum Gasteiger partial charge on any atom is 0.266 e. The quantitative estimate of drug-likeness (QED) is 0.722. The summed E-state index contributed by atoms with van der Waals surface area (Å²) in [7, 11) is 1.60. The number of carbonyl (C=O) groups excluding carboxylic acids is 1. The van der Waals surface area contributed by atoms with Crippen molar-refractivity contribution in [3.63, 3.8) is 0 Å². The predicted molar refractivity (Wildman–Crippen MR) is 117 cm³/mol. The van der Waals surface area contributed by atoms with Crippen molar-refractivity contribution >= 4 is 16.8 Å². The number of pyridine rings is 1. The molecule has 1 aliphatic rings. The summed E-state index contributed by atoms with van der Waals surface area (Å²) in [5.41, 5.74) is 2.55. The van der Waals surface area contributed by atoms with Gasteiger partial charge in [0, 0.05) is 24.3 Å². The molecule has 1 atom stereocenters. The minimum Gasteiger partial charge on any atom is -0.355 e. The van der Waals surface area contributed by atoms with Crippen molar-refractivity contribution in [2.24, 2.45) is 0 Å². The van der Waals surface area contributed by atoms with Crippen molar-refractivity contribution in [2.75, 3.05) is 13.6 Å². The normalized spacial score (nSPS) is 17.0. The van der Waals surface area contributed by atoms with Crippen LogP contribution in [0.2, 0.25) is 0 Å². The van der Waals surface area contributed by atoms with Gasteiger partial charge in [0.15, 0.2) is 0 Å². The summed E-state index contributed by atoms with van der Waals surface area (Å²) in [5, 5.41) is 3.17. The second-order valence-electron chi connectivity index (χ2n) is 8.07. The second kappa shape index (κ2) is 7.99. The van der Waals surface area contributed by atoms with Gasteiger partial charge < -0.3 is 5.32 Å². The van der Waals surface area contributed by atoms with E-state index in [0.29, 0.717) is 28.2 Å². The Balaban J connectivity index is 1.95. The molecule has 0 bridgehead atoms. The Bertz CT molecular complexity index is 1150. The maximum atomic E-state index is 13.6. The van der Waals surface area contributed by atoms with Crippen LogP contribution in [0.5, 0.6) is 0 Å². The molecule has 0 saturated carbocycles. The molecule has 3 aromatic rings. The van der Waals surface area contributed by atoms with Crippen molar-refractivity contribution in [3.05, 3.63) is 64.0 Å². The Hall–Kier alpha value is -3.06. The fourth-order valence-corrected chi connectivity index (χ4v) is 4.27. The van der Waals surface area contributed by atoms with Gasteiger partial charge in [0.1, 0.15) is 5.82 Å². The Morgan fingerprint density at radius 3 is 2.63 bits per heavy atom. The lowest BCUT2D eigenvalue weighted by Crippen LogP contribution is -2.35. The number of nitrogens with zero attached hydrogens (tertiary/aromatic N) is 4. The van der Waals surface area contributed by atoms with E-state index in [-0.39, 0.29) is 17.5 Å². The third-order valence-corrected chi connectivity index (χ3v) is 5.79. The SMILES string of the molecule is CNC(=O)c1ccc(-n2c([C@@H]3CCCN3C(C)C)nc3cnc(C)cc3c2=O)cc1. The number of benzene rings is 1. The number of aromatic nitrogens is 3. The molecule has 1 amide bonds. The lowest BCUT2D eigenvalue weighted by molar-refractivity contribution is 0.0963. The fraction of sp³-hybridized carbons (Fsp3) is 0.391. The first-order chi connectivity index (χ1) is 14.4. The molecule has 1 aliphatic heterocycles. The van der Waals surface area contributed by atoms with E-state index in [2.05, 4.69) is 29.0 Å². The standard InChI is InChI=1S/C23H27N5O2/c1-14(2)27-11-5-6-20(27)21-26-19-13-25-15(3)12-18(19)23(30)28(21)17-9-7-16(8-10-17)22(29)24-4/h7-10,12-14,20H,5-6,11H2,1-4H3,(H,24,29)/t20-/m0/s1. The van der Waals surface area contributed by atoms with Crippen LogP contribution in [-0.2, 0) is 0 Å². The molecule has 0 radical (unpaired) electrons. The maximum absolute atomic E-state index is 13.6. The highest BCUT2D eigenvalue weighted by molar-refractivity contribution is 5.94. The van der Waals surface area contributed by atoms with Crippen molar-refractivity contribution < 1.29 is 4.79 Å². The monoisotopic (exact) mass is 405 g/mol. The van der Waals surface area contributed by atoms with E-state index in [1.54, 1.807) is 36.0 Å². The molecular weight excluding hydrogens is 378 g/mol. The summed E-state index contributed by atoms with van der Waals surface area (Å²) >= 11 is 0. The van der Waals surface area contributed by atoms with E-state index in [9.17, 15) is 9.59 Å². The van der Waals surface area contributed by atoms with E-state index in [1.165, 1.54) is 0 Å². The molecule has 2 aromatic heterocycles. The Morgan fingerprint density at radius 1 is 1.23 bits per heavy atom. The molecule has 7 nitrogen and oxygen atoms in total. The zero-order valence-corrected chi connectivity index (χ0v) is 17.8. The van der Waals surface area contributed by atoms with E-state index < -0.39 is 0 Å². The van der Waals surface area contributed by atoms with Crippen LogP contribution < -0.4 is 10.9 Å². The zero-order valence-electron chi connectivity index (χ0n) is 17.8. The molecule has 4 rings (SSSR count). The largest absolute Gasteiger partial charge is 0.355 e. The zero-order chi connectivity index (χ0) is 21.4. The average molecular weight is 406 g/mol. The van der Waals surface area contributed by atoms with Crippen LogP contribution in [-0.4, -0.2) is 45.0 Å². The van der Waals surface area contributed by atoms with Gasteiger partial charge in [-0.15, -0.1) is 0 Å². The number of amides is 1. The lowest BCUT2D eigenvalue weighted by Gasteiger charge is -2.29. The number of hydrogen-bond donors (Lipinski definition) is 1. The van der Waals surface area contributed by atoms with Crippen molar-refractivity contribution in [2.45, 2.75) is 45.7 Å². The van der Waals surface area contributed by atoms with Crippen molar-refractivity contribution in [1.82, 2.24) is 24.8 Å². The number of hydrogen-bond acceptors (Lipinski definition) is 5. The van der Waals surface area contributed by atoms with Crippen molar-refractivity contribution in [1.29, 1.82) is 0 Å².